The number of nitrogens with zero attached hydrogens (tertiary/aromatic N) is 1. The molecule has 0 saturated carbocycles. The minimum Gasteiger partial charge on any atom is -0.347 e. The number of nitrogen functional groups attached to an aromatic ring is 1. The van der Waals surface area contributed by atoms with Crippen molar-refractivity contribution in [1.29, 1.82) is 0 Å². The summed E-state index contributed by atoms with van der Waals surface area (Å²) < 4.78 is 13.6. The average molecular weight is 226 g/mol. The summed E-state index contributed by atoms with van der Waals surface area (Å²) in [5.74, 6) is 3.66. The molecule has 0 atom stereocenters. The third-order valence-electron chi connectivity index (χ3n) is 1.76. The second-order valence-electron chi connectivity index (χ2n) is 4.37. The highest BCUT2D eigenvalue weighted by Gasteiger charge is 2.20. The highest BCUT2D eigenvalue weighted by atomic mass is 19.1. The van der Waals surface area contributed by atoms with Crippen molar-refractivity contribution in [3.05, 3.63) is 23.6 Å². The van der Waals surface area contributed by atoms with E-state index in [1.54, 1.807) is 0 Å². The van der Waals surface area contributed by atoms with Crippen LogP contribution in [0.15, 0.2) is 12.3 Å². The first-order valence-corrected chi connectivity index (χ1v) is 4.79. The molecule has 1 aromatic heterocycles. The molecule has 1 aromatic rings. The topological polar surface area (TPSA) is 80.0 Å². The molecule has 0 unspecified atom stereocenters. The van der Waals surface area contributed by atoms with Gasteiger partial charge in [-0.2, -0.15) is 0 Å². The summed E-state index contributed by atoms with van der Waals surface area (Å²) >= 11 is 0. The van der Waals surface area contributed by atoms with Crippen LogP contribution in [0.1, 0.15) is 31.1 Å². The predicted molar refractivity (Wildman–Crippen MR) is 59.2 cm³/mol. The monoisotopic (exact) mass is 226 g/mol. The number of nitrogens with two attached hydrogens (primary N) is 1. The van der Waals surface area contributed by atoms with Crippen LogP contribution < -0.4 is 16.6 Å². The van der Waals surface area contributed by atoms with Gasteiger partial charge in [-0.1, -0.05) is 0 Å². The lowest BCUT2D eigenvalue weighted by Crippen LogP contribution is -2.41. The van der Waals surface area contributed by atoms with Crippen molar-refractivity contribution in [3.63, 3.8) is 0 Å². The van der Waals surface area contributed by atoms with Gasteiger partial charge in [-0.05, 0) is 26.8 Å². The fourth-order valence-electron chi connectivity index (χ4n) is 1.13. The van der Waals surface area contributed by atoms with Crippen LogP contribution in [0.25, 0.3) is 0 Å². The van der Waals surface area contributed by atoms with Gasteiger partial charge in [-0.15, -0.1) is 0 Å². The number of nitrogens with one attached hydrogen (secondary N) is 2. The van der Waals surface area contributed by atoms with Gasteiger partial charge in [-0.3, -0.25) is 4.79 Å². The van der Waals surface area contributed by atoms with E-state index in [-0.39, 0.29) is 11.4 Å². The van der Waals surface area contributed by atoms with Gasteiger partial charge >= 0.3 is 0 Å². The van der Waals surface area contributed by atoms with Gasteiger partial charge < -0.3 is 10.7 Å². The maximum atomic E-state index is 13.6. The molecule has 0 fully saturated rings. The number of aromatic nitrogens is 1. The van der Waals surface area contributed by atoms with Crippen LogP contribution >= 0.6 is 0 Å². The molecule has 0 spiro atoms. The van der Waals surface area contributed by atoms with E-state index < -0.39 is 17.3 Å². The number of hydrogen-bond donors (Lipinski definition) is 3. The van der Waals surface area contributed by atoms with Crippen LogP contribution in [0.4, 0.5) is 10.2 Å². The van der Waals surface area contributed by atoms with Gasteiger partial charge in [0.25, 0.3) is 5.91 Å². The molecule has 0 aliphatic carbocycles. The van der Waals surface area contributed by atoms with Gasteiger partial charge in [0.2, 0.25) is 0 Å². The summed E-state index contributed by atoms with van der Waals surface area (Å²) in [4.78, 5) is 15.3. The minimum absolute atomic E-state index is 0.0853. The molecule has 0 aromatic carbocycles. The molecule has 4 N–H and O–H groups in total. The van der Waals surface area contributed by atoms with Crippen LogP contribution in [-0.4, -0.2) is 16.4 Å². The van der Waals surface area contributed by atoms with Crippen LogP contribution in [0.2, 0.25) is 0 Å². The van der Waals surface area contributed by atoms with Crippen molar-refractivity contribution in [2.45, 2.75) is 26.3 Å². The van der Waals surface area contributed by atoms with Crippen LogP contribution in [-0.2, 0) is 0 Å². The van der Waals surface area contributed by atoms with Crippen molar-refractivity contribution in [1.82, 2.24) is 10.3 Å². The standard InChI is InChI=1S/C10H15FN4O/c1-10(2,3)14-9(16)6-4-5-13-8(15-12)7(6)11/h4-5H,12H2,1-3H3,(H,13,15)(H,14,16). The molecule has 88 valence electrons. The predicted octanol–water partition coefficient (Wildman–Crippen LogP) is 1.03. The third kappa shape index (κ3) is 2.90. The SMILES string of the molecule is CC(C)(C)NC(=O)c1ccnc(NN)c1F. The zero-order valence-electron chi connectivity index (χ0n) is 9.47. The second-order valence-corrected chi connectivity index (χ2v) is 4.37. The molecule has 0 aliphatic heterocycles. The van der Waals surface area contributed by atoms with Crippen LogP contribution in [0.5, 0.6) is 0 Å². The Hall–Kier alpha value is -1.69. The molecule has 0 bridgehead atoms. The van der Waals surface area contributed by atoms with Crippen LogP contribution in [0, 0.1) is 5.82 Å². The number of pyridine rings is 1. The number of rotatable bonds is 2. The molecule has 5 nitrogen and oxygen atoms in total. The van der Waals surface area contributed by atoms with Gasteiger partial charge in [0.05, 0.1) is 5.56 Å². The Kier molecular flexibility index (Phi) is 3.44. The molecule has 1 amide bonds. The molecule has 1 rings (SSSR count). The van der Waals surface area contributed by atoms with Gasteiger partial charge in [-0.25, -0.2) is 15.2 Å². The molecule has 0 radical (unpaired) electrons. The Morgan fingerprint density at radius 3 is 2.62 bits per heavy atom. The lowest BCUT2D eigenvalue weighted by atomic mass is 10.1. The first-order chi connectivity index (χ1) is 7.35. The zero-order valence-corrected chi connectivity index (χ0v) is 9.47. The number of amides is 1. The molecule has 0 saturated heterocycles. The fourth-order valence-corrected chi connectivity index (χ4v) is 1.13. The molecular weight excluding hydrogens is 211 g/mol. The van der Waals surface area contributed by atoms with E-state index in [1.165, 1.54) is 12.3 Å². The number of hydrogen-bond acceptors (Lipinski definition) is 4. The third-order valence-corrected chi connectivity index (χ3v) is 1.76. The largest absolute Gasteiger partial charge is 0.347 e. The van der Waals surface area contributed by atoms with Gasteiger partial charge in [0, 0.05) is 11.7 Å². The summed E-state index contributed by atoms with van der Waals surface area (Å²) in [6, 6.07) is 1.30. The van der Waals surface area contributed by atoms with Gasteiger partial charge in [0.1, 0.15) is 0 Å². The molecular formula is C10H15FN4O. The smallest absolute Gasteiger partial charge is 0.254 e. The highest BCUT2D eigenvalue weighted by Crippen LogP contribution is 2.14. The molecule has 1 heterocycles. The molecule has 0 aliphatic rings. The average Bonchev–Trinajstić information content (AvgIpc) is 2.15. The number of carbonyl (C=O) groups excluding carboxylic acids is 1. The lowest BCUT2D eigenvalue weighted by molar-refractivity contribution is 0.0915. The Balaban J connectivity index is 3.01. The van der Waals surface area contributed by atoms with E-state index in [4.69, 9.17) is 5.84 Å². The quantitative estimate of drug-likeness (QED) is 0.520. The highest BCUT2D eigenvalue weighted by molar-refractivity contribution is 5.95. The minimum atomic E-state index is -0.758. The van der Waals surface area contributed by atoms with Crippen molar-refractivity contribution in [2.75, 3.05) is 5.43 Å². The van der Waals surface area contributed by atoms with Crippen molar-refractivity contribution in [3.8, 4) is 0 Å². The Morgan fingerprint density at radius 2 is 2.12 bits per heavy atom. The van der Waals surface area contributed by atoms with E-state index in [0.717, 1.165) is 0 Å². The maximum absolute atomic E-state index is 13.6. The van der Waals surface area contributed by atoms with E-state index in [2.05, 4.69) is 15.7 Å². The number of carbonyl (C=O) groups is 1. The van der Waals surface area contributed by atoms with E-state index in [0.29, 0.717) is 0 Å². The summed E-state index contributed by atoms with van der Waals surface area (Å²) in [6.07, 6.45) is 1.32. The van der Waals surface area contributed by atoms with E-state index >= 15 is 0 Å². The zero-order chi connectivity index (χ0) is 12.3. The summed E-state index contributed by atoms with van der Waals surface area (Å²) in [5.41, 5.74) is 1.57. The molecule has 16 heavy (non-hydrogen) atoms. The maximum Gasteiger partial charge on any atom is 0.254 e. The van der Waals surface area contributed by atoms with Crippen molar-refractivity contribution < 1.29 is 9.18 Å². The van der Waals surface area contributed by atoms with Crippen molar-refractivity contribution in [2.24, 2.45) is 5.84 Å². The first-order valence-electron chi connectivity index (χ1n) is 4.79. The first kappa shape index (κ1) is 12.4. The fraction of sp³-hybridized carbons (Fsp3) is 0.400. The van der Waals surface area contributed by atoms with E-state index in [1.807, 2.05) is 20.8 Å². The summed E-state index contributed by atoms with van der Waals surface area (Å²) in [6.45, 7) is 5.43. The lowest BCUT2D eigenvalue weighted by Gasteiger charge is -2.20. The van der Waals surface area contributed by atoms with E-state index in [9.17, 15) is 9.18 Å². The number of hydrazine groups is 1. The Bertz CT molecular complexity index is 400. The summed E-state index contributed by atoms with van der Waals surface area (Å²) in [7, 11) is 0. The van der Waals surface area contributed by atoms with Gasteiger partial charge in [0.15, 0.2) is 11.6 Å². The normalized spacial score (nSPS) is 11.1. The summed E-state index contributed by atoms with van der Waals surface area (Å²) in [5, 5.41) is 2.65. The van der Waals surface area contributed by atoms with Crippen LogP contribution in [0.3, 0.4) is 0 Å². The number of halogens is 1. The Labute approximate surface area is 93.2 Å². The Morgan fingerprint density at radius 1 is 1.50 bits per heavy atom. The van der Waals surface area contributed by atoms with Crippen molar-refractivity contribution >= 4 is 11.7 Å². The second kappa shape index (κ2) is 4.44. The molecule has 6 heteroatoms. The number of anilines is 1.